The van der Waals surface area contributed by atoms with Crippen molar-refractivity contribution in [3.63, 3.8) is 0 Å². The summed E-state index contributed by atoms with van der Waals surface area (Å²) in [5, 5.41) is 0.859. The number of ether oxygens (including phenoxy) is 1. The Labute approximate surface area is 186 Å². The van der Waals surface area contributed by atoms with Gasteiger partial charge in [0.05, 0.1) is 24.1 Å². The molecule has 0 fully saturated rings. The van der Waals surface area contributed by atoms with Crippen molar-refractivity contribution in [2.75, 3.05) is 34.3 Å². The topological polar surface area (TPSA) is 63.0 Å². The van der Waals surface area contributed by atoms with E-state index in [0.717, 1.165) is 24.1 Å². The summed E-state index contributed by atoms with van der Waals surface area (Å²) in [6.07, 6.45) is 0.761. The molecule has 0 aliphatic carbocycles. The van der Waals surface area contributed by atoms with Crippen molar-refractivity contribution >= 4 is 28.5 Å². The summed E-state index contributed by atoms with van der Waals surface area (Å²) in [6, 6.07) is 10.2. The van der Waals surface area contributed by atoms with Gasteiger partial charge in [-0.3, -0.25) is 9.59 Å². The molecule has 31 heavy (non-hydrogen) atoms. The van der Waals surface area contributed by atoms with E-state index in [1.54, 1.807) is 24.1 Å². The summed E-state index contributed by atoms with van der Waals surface area (Å²) in [4.78, 5) is 30.8. The van der Waals surface area contributed by atoms with Crippen molar-refractivity contribution in [1.82, 2.24) is 9.80 Å². The molecule has 0 spiro atoms. The molecule has 0 radical (unpaired) electrons. The minimum Gasteiger partial charge on any atom is -0.496 e. The van der Waals surface area contributed by atoms with E-state index in [0.29, 0.717) is 33.8 Å². The molecule has 2 heterocycles. The van der Waals surface area contributed by atoms with Gasteiger partial charge in [-0.05, 0) is 57.7 Å². The molecule has 3 aromatic rings. The highest BCUT2D eigenvalue weighted by molar-refractivity contribution is 6.32. The molecule has 0 unspecified atom stereocenters. The first-order chi connectivity index (χ1) is 14.8. The van der Waals surface area contributed by atoms with Gasteiger partial charge in [-0.2, -0.15) is 0 Å². The largest absolute Gasteiger partial charge is 0.496 e. The number of para-hydroxylation sites is 1. The minimum absolute atomic E-state index is 0.0972. The van der Waals surface area contributed by atoms with E-state index in [9.17, 15) is 9.59 Å². The number of methoxy groups -OCH3 is 1. The number of amides is 1. The number of carbonyl (C=O) groups excluding carboxylic acids is 1. The van der Waals surface area contributed by atoms with Crippen LogP contribution in [0, 0.1) is 6.92 Å². The average Bonchev–Trinajstić information content (AvgIpc) is 3.01. The Bertz CT molecular complexity index is 1220. The molecule has 1 amide bonds. The summed E-state index contributed by atoms with van der Waals surface area (Å²) in [6.45, 7) is 3.14. The fourth-order valence-electron chi connectivity index (χ4n) is 4.14. The monoisotopic (exact) mass is 440 g/mol. The number of fused-ring (bicyclic) bond motifs is 2. The van der Waals surface area contributed by atoms with Crippen molar-refractivity contribution in [1.29, 1.82) is 0 Å². The maximum absolute atomic E-state index is 13.6. The Morgan fingerprint density at radius 3 is 2.65 bits per heavy atom. The van der Waals surface area contributed by atoms with E-state index in [-0.39, 0.29) is 17.1 Å². The third kappa shape index (κ3) is 3.70. The zero-order valence-electron chi connectivity index (χ0n) is 18.1. The van der Waals surface area contributed by atoms with Crippen LogP contribution in [0.15, 0.2) is 45.6 Å². The smallest absolute Gasteiger partial charge is 0.290 e. The number of rotatable bonds is 6. The van der Waals surface area contributed by atoms with Gasteiger partial charge in [0.15, 0.2) is 5.43 Å². The van der Waals surface area contributed by atoms with E-state index in [1.165, 1.54) is 0 Å². The Hall–Kier alpha value is -2.83. The van der Waals surface area contributed by atoms with Crippen molar-refractivity contribution in [3.05, 3.63) is 74.1 Å². The second-order valence-electron chi connectivity index (χ2n) is 8.07. The van der Waals surface area contributed by atoms with Crippen LogP contribution in [0.4, 0.5) is 0 Å². The van der Waals surface area contributed by atoms with Gasteiger partial charge in [0.2, 0.25) is 5.76 Å². The van der Waals surface area contributed by atoms with Gasteiger partial charge < -0.3 is 19.0 Å². The van der Waals surface area contributed by atoms with Crippen molar-refractivity contribution in [2.45, 2.75) is 19.4 Å². The van der Waals surface area contributed by atoms with E-state index in [4.69, 9.17) is 20.8 Å². The number of nitrogens with zero attached hydrogens (tertiary/aromatic N) is 2. The van der Waals surface area contributed by atoms with Crippen LogP contribution in [-0.4, -0.2) is 50.0 Å². The second-order valence-corrected chi connectivity index (χ2v) is 8.48. The third-order valence-corrected chi connectivity index (χ3v) is 6.09. The first-order valence-corrected chi connectivity index (χ1v) is 10.6. The maximum atomic E-state index is 13.6. The number of hydrogen-bond donors (Lipinski definition) is 0. The van der Waals surface area contributed by atoms with Crippen LogP contribution >= 0.6 is 11.6 Å². The van der Waals surface area contributed by atoms with Crippen LogP contribution < -0.4 is 10.2 Å². The zero-order valence-corrected chi connectivity index (χ0v) is 18.8. The highest BCUT2D eigenvalue weighted by Crippen LogP contribution is 2.41. The normalized spacial score (nSPS) is 15.7. The molecule has 4 rings (SSSR count). The number of carbonyl (C=O) groups is 1. The molecule has 162 valence electrons. The van der Waals surface area contributed by atoms with Crippen LogP contribution in [-0.2, 0) is 0 Å². The first-order valence-electron chi connectivity index (χ1n) is 10.2. The lowest BCUT2D eigenvalue weighted by Crippen LogP contribution is -2.32. The van der Waals surface area contributed by atoms with E-state index in [2.05, 4.69) is 4.90 Å². The molecule has 0 N–H and O–H groups in total. The second kappa shape index (κ2) is 8.36. The van der Waals surface area contributed by atoms with Crippen molar-refractivity contribution < 1.29 is 13.9 Å². The predicted molar refractivity (Wildman–Crippen MR) is 121 cm³/mol. The van der Waals surface area contributed by atoms with Gasteiger partial charge in [0.1, 0.15) is 11.3 Å². The zero-order chi connectivity index (χ0) is 22.3. The van der Waals surface area contributed by atoms with Gasteiger partial charge in [-0.15, -0.1) is 0 Å². The molecular formula is C24H25ClN2O4. The van der Waals surface area contributed by atoms with Crippen LogP contribution in [0.3, 0.4) is 0 Å². The Balaban J connectivity index is 1.94. The quantitative estimate of drug-likeness (QED) is 0.573. The summed E-state index contributed by atoms with van der Waals surface area (Å²) in [5.41, 5.74) is 2.01. The van der Waals surface area contributed by atoms with E-state index < -0.39 is 6.04 Å². The maximum Gasteiger partial charge on any atom is 0.290 e. The molecule has 2 aromatic carbocycles. The SMILES string of the molecule is COc1ccccc1[C@@H]1c2c(oc3cc(C)c(Cl)cc3c2=O)C(=O)N1CCCN(C)C. The fourth-order valence-corrected chi connectivity index (χ4v) is 4.31. The predicted octanol–water partition coefficient (Wildman–Crippen LogP) is 4.26. The molecule has 7 heteroatoms. The molecule has 0 bridgehead atoms. The number of aryl methyl sites for hydroxylation is 1. The number of halogens is 1. The van der Waals surface area contributed by atoms with Crippen LogP contribution in [0.5, 0.6) is 5.75 Å². The highest BCUT2D eigenvalue weighted by Gasteiger charge is 2.43. The molecule has 1 aromatic heterocycles. The summed E-state index contributed by atoms with van der Waals surface area (Å²) in [5.74, 6) is 0.434. The highest BCUT2D eigenvalue weighted by atomic mass is 35.5. The standard InChI is InChI=1S/C24H25ClN2O4/c1-14-12-19-16(13-17(14)25)22(28)20-21(15-8-5-6-9-18(15)30-4)27(11-7-10-26(2)3)24(29)23(20)31-19/h5-6,8-9,12-13,21H,7,10-11H2,1-4H3/t21-/m1/s1. The molecule has 0 saturated heterocycles. The van der Waals surface area contributed by atoms with Gasteiger partial charge in [0.25, 0.3) is 5.91 Å². The van der Waals surface area contributed by atoms with E-state index in [1.807, 2.05) is 45.3 Å². The van der Waals surface area contributed by atoms with E-state index >= 15 is 0 Å². The Morgan fingerprint density at radius 2 is 1.94 bits per heavy atom. The van der Waals surface area contributed by atoms with Gasteiger partial charge >= 0.3 is 0 Å². The molecule has 1 atom stereocenters. The average molecular weight is 441 g/mol. The van der Waals surface area contributed by atoms with Gasteiger partial charge in [0, 0.05) is 17.1 Å². The number of benzene rings is 2. The lowest BCUT2D eigenvalue weighted by molar-refractivity contribution is 0.0721. The lowest BCUT2D eigenvalue weighted by atomic mass is 9.97. The van der Waals surface area contributed by atoms with Gasteiger partial charge in [-0.1, -0.05) is 29.8 Å². The van der Waals surface area contributed by atoms with Crippen LogP contribution in [0.1, 0.15) is 39.7 Å². The molecule has 0 saturated carbocycles. The molecule has 6 nitrogen and oxygen atoms in total. The summed E-state index contributed by atoms with van der Waals surface area (Å²) >= 11 is 6.28. The summed E-state index contributed by atoms with van der Waals surface area (Å²) < 4.78 is 11.6. The Kier molecular flexibility index (Phi) is 5.77. The molecule has 1 aliphatic rings. The fraction of sp³-hybridized carbons (Fsp3) is 0.333. The summed E-state index contributed by atoms with van der Waals surface area (Å²) in [7, 11) is 5.56. The Morgan fingerprint density at radius 1 is 1.19 bits per heavy atom. The van der Waals surface area contributed by atoms with Crippen LogP contribution in [0.25, 0.3) is 11.0 Å². The third-order valence-electron chi connectivity index (χ3n) is 5.68. The lowest BCUT2D eigenvalue weighted by Gasteiger charge is -2.26. The van der Waals surface area contributed by atoms with Gasteiger partial charge in [-0.25, -0.2) is 0 Å². The molecular weight excluding hydrogens is 416 g/mol. The van der Waals surface area contributed by atoms with Crippen molar-refractivity contribution in [3.8, 4) is 5.75 Å². The first kappa shape index (κ1) is 21.4. The minimum atomic E-state index is -0.582. The number of hydrogen-bond acceptors (Lipinski definition) is 5. The van der Waals surface area contributed by atoms with Crippen LogP contribution in [0.2, 0.25) is 5.02 Å². The van der Waals surface area contributed by atoms with Crippen molar-refractivity contribution in [2.24, 2.45) is 0 Å². The molecule has 1 aliphatic heterocycles.